The Hall–Kier alpha value is -1.73. The van der Waals surface area contributed by atoms with Crippen LogP contribution in [0, 0.1) is 11.6 Å². The number of benzene rings is 1. The van der Waals surface area contributed by atoms with E-state index in [2.05, 4.69) is 11.6 Å². The van der Waals surface area contributed by atoms with E-state index in [9.17, 15) is 8.78 Å². The first-order chi connectivity index (χ1) is 10.5. The van der Waals surface area contributed by atoms with Crippen molar-refractivity contribution in [3.8, 4) is 5.75 Å². The lowest BCUT2D eigenvalue weighted by Gasteiger charge is -2.10. The van der Waals surface area contributed by atoms with Crippen molar-refractivity contribution in [3.63, 3.8) is 0 Å². The molecule has 0 aliphatic heterocycles. The third-order valence-corrected chi connectivity index (χ3v) is 3.65. The minimum Gasteiger partial charge on any atom is -0.490 e. The lowest BCUT2D eigenvalue weighted by molar-refractivity contribution is 0.146. The molecule has 0 aliphatic rings. The van der Waals surface area contributed by atoms with Gasteiger partial charge < -0.3 is 13.7 Å². The first-order valence-corrected chi connectivity index (χ1v) is 8.07. The van der Waals surface area contributed by atoms with Crippen LogP contribution in [-0.2, 0) is 8.92 Å². The Bertz CT molecular complexity index is 588. The minimum atomic E-state index is -1.04. The molecule has 1 rings (SSSR count). The number of aliphatic imine (C=N–C) groups is 1. The van der Waals surface area contributed by atoms with E-state index in [0.717, 1.165) is 12.3 Å². The number of methoxy groups -OCH3 is 1. The SMILES string of the molecule is C=C(/N=C/c1c(OCCOC)ccc(F)c1F)O/S(C)=C/C. The summed E-state index contributed by atoms with van der Waals surface area (Å²) in [6.07, 6.45) is 2.97. The lowest BCUT2D eigenvalue weighted by atomic mass is 10.2. The summed E-state index contributed by atoms with van der Waals surface area (Å²) in [4.78, 5) is 3.90. The Morgan fingerprint density at radius 1 is 1.36 bits per heavy atom. The highest BCUT2D eigenvalue weighted by Gasteiger charge is 2.13. The normalized spacial score (nSPS) is 12.6. The minimum absolute atomic E-state index is 0.0997. The van der Waals surface area contributed by atoms with Crippen LogP contribution in [0.1, 0.15) is 12.5 Å². The van der Waals surface area contributed by atoms with Crippen molar-refractivity contribution in [1.29, 1.82) is 0 Å². The molecule has 122 valence electrons. The van der Waals surface area contributed by atoms with Gasteiger partial charge in [-0.25, -0.2) is 13.8 Å². The summed E-state index contributed by atoms with van der Waals surface area (Å²) in [7, 11) is 1.08. The van der Waals surface area contributed by atoms with Crippen LogP contribution >= 0.6 is 10.8 Å². The van der Waals surface area contributed by atoms with Gasteiger partial charge in [-0.05, 0) is 41.8 Å². The van der Waals surface area contributed by atoms with Gasteiger partial charge in [0.05, 0.1) is 12.2 Å². The summed E-state index contributed by atoms with van der Waals surface area (Å²) in [6.45, 7) is 5.99. The molecule has 0 N–H and O–H groups in total. The molecule has 0 heterocycles. The molecule has 0 fully saturated rings. The zero-order valence-electron chi connectivity index (χ0n) is 12.8. The van der Waals surface area contributed by atoms with Gasteiger partial charge in [-0.15, -0.1) is 0 Å². The topological polar surface area (TPSA) is 40.0 Å². The Kier molecular flexibility index (Phi) is 7.76. The van der Waals surface area contributed by atoms with E-state index in [-0.39, 0.29) is 23.8 Å². The monoisotopic (exact) mass is 331 g/mol. The maximum absolute atomic E-state index is 13.9. The Labute approximate surface area is 131 Å². The average molecular weight is 331 g/mol. The van der Waals surface area contributed by atoms with Crippen molar-refractivity contribution >= 4 is 22.3 Å². The molecule has 0 aromatic heterocycles. The van der Waals surface area contributed by atoms with Crippen molar-refractivity contribution < 1.29 is 22.4 Å². The van der Waals surface area contributed by atoms with Gasteiger partial charge in [-0.1, -0.05) is 0 Å². The van der Waals surface area contributed by atoms with E-state index in [1.54, 1.807) is 0 Å². The van der Waals surface area contributed by atoms with Gasteiger partial charge in [-0.2, -0.15) is 0 Å². The summed E-state index contributed by atoms with van der Waals surface area (Å²) in [6, 6.07) is 2.33. The molecule has 7 heteroatoms. The fourth-order valence-corrected chi connectivity index (χ4v) is 1.83. The van der Waals surface area contributed by atoms with Crippen molar-refractivity contribution in [2.75, 3.05) is 26.6 Å². The van der Waals surface area contributed by atoms with Crippen LogP contribution in [0.5, 0.6) is 5.75 Å². The van der Waals surface area contributed by atoms with E-state index in [1.807, 2.05) is 18.5 Å². The third kappa shape index (κ3) is 5.57. The number of ether oxygens (including phenoxy) is 2. The smallest absolute Gasteiger partial charge is 0.219 e. The standard InChI is InChI=1S/C15H19F2NO3S/c1-5-22(4)21-11(2)18-10-12-14(20-9-8-19-3)7-6-13(16)15(12)17/h5-7,10H,2,8-9H2,1,3-4H3/b18-10+. The highest BCUT2D eigenvalue weighted by atomic mass is 32.2. The van der Waals surface area contributed by atoms with Gasteiger partial charge in [0, 0.05) is 19.6 Å². The molecule has 1 aromatic carbocycles. The van der Waals surface area contributed by atoms with Crippen LogP contribution < -0.4 is 4.74 Å². The van der Waals surface area contributed by atoms with Crippen LogP contribution in [0.15, 0.2) is 29.6 Å². The van der Waals surface area contributed by atoms with Crippen molar-refractivity contribution in [3.05, 3.63) is 41.8 Å². The Morgan fingerprint density at radius 2 is 2.09 bits per heavy atom. The molecule has 1 unspecified atom stereocenters. The molecule has 0 spiro atoms. The predicted octanol–water partition coefficient (Wildman–Crippen LogP) is 3.53. The van der Waals surface area contributed by atoms with Crippen molar-refractivity contribution in [2.45, 2.75) is 6.92 Å². The summed E-state index contributed by atoms with van der Waals surface area (Å²) in [5.41, 5.74) is -0.0997. The fraction of sp³-hybridized carbons (Fsp3) is 0.333. The average Bonchev–Trinajstić information content (AvgIpc) is 2.50. The Balaban J connectivity index is 2.95. The van der Waals surface area contributed by atoms with E-state index in [0.29, 0.717) is 6.61 Å². The zero-order chi connectivity index (χ0) is 16.5. The summed E-state index contributed by atoms with van der Waals surface area (Å²) < 4.78 is 42.8. The molecule has 0 radical (unpaired) electrons. The molecule has 0 bridgehead atoms. The molecule has 0 saturated heterocycles. The number of rotatable bonds is 8. The number of nitrogens with zero attached hydrogens (tertiary/aromatic N) is 1. The molecular weight excluding hydrogens is 312 g/mol. The van der Waals surface area contributed by atoms with E-state index in [4.69, 9.17) is 13.7 Å². The van der Waals surface area contributed by atoms with Gasteiger partial charge in [0.2, 0.25) is 5.88 Å². The van der Waals surface area contributed by atoms with E-state index < -0.39 is 22.4 Å². The summed E-state index contributed by atoms with van der Waals surface area (Å²) in [5.74, 6) is -1.74. The number of hydrogen-bond donors (Lipinski definition) is 0. The molecule has 1 aromatic rings. The van der Waals surface area contributed by atoms with Gasteiger partial charge in [-0.3, -0.25) is 0 Å². The van der Waals surface area contributed by atoms with Crippen molar-refractivity contribution in [2.24, 2.45) is 4.99 Å². The second kappa shape index (κ2) is 9.32. The molecule has 4 nitrogen and oxygen atoms in total. The first-order valence-electron chi connectivity index (χ1n) is 6.44. The van der Waals surface area contributed by atoms with Crippen LogP contribution in [0.2, 0.25) is 0 Å². The second-order valence-electron chi connectivity index (χ2n) is 4.08. The largest absolute Gasteiger partial charge is 0.490 e. The second-order valence-corrected chi connectivity index (χ2v) is 5.72. The first kappa shape index (κ1) is 18.3. The quantitative estimate of drug-likeness (QED) is 0.317. The maximum Gasteiger partial charge on any atom is 0.219 e. The molecule has 0 amide bonds. The molecular formula is C15H19F2NO3S. The predicted molar refractivity (Wildman–Crippen MR) is 86.8 cm³/mol. The van der Waals surface area contributed by atoms with Crippen LogP contribution in [-0.4, -0.2) is 38.2 Å². The van der Waals surface area contributed by atoms with Gasteiger partial charge in [0.25, 0.3) is 0 Å². The van der Waals surface area contributed by atoms with Gasteiger partial charge >= 0.3 is 0 Å². The summed E-state index contributed by atoms with van der Waals surface area (Å²) in [5, 5.41) is 1.84. The maximum atomic E-state index is 13.9. The molecule has 22 heavy (non-hydrogen) atoms. The van der Waals surface area contributed by atoms with E-state index in [1.165, 1.54) is 13.2 Å². The zero-order valence-corrected chi connectivity index (χ0v) is 13.6. The van der Waals surface area contributed by atoms with Gasteiger partial charge in [0.1, 0.15) is 12.4 Å². The number of hydrogen-bond acceptors (Lipinski definition) is 4. The third-order valence-electron chi connectivity index (χ3n) is 2.53. The molecule has 0 saturated carbocycles. The molecule has 0 aliphatic carbocycles. The lowest BCUT2D eigenvalue weighted by Crippen LogP contribution is -2.07. The van der Waals surface area contributed by atoms with Crippen LogP contribution in [0.25, 0.3) is 0 Å². The van der Waals surface area contributed by atoms with Gasteiger partial charge in [0.15, 0.2) is 11.6 Å². The molecule has 1 atom stereocenters. The Morgan fingerprint density at radius 3 is 2.73 bits per heavy atom. The highest BCUT2D eigenvalue weighted by molar-refractivity contribution is 8.10. The highest BCUT2D eigenvalue weighted by Crippen LogP contribution is 2.23. The fourth-order valence-electron chi connectivity index (χ4n) is 1.39. The van der Waals surface area contributed by atoms with Crippen LogP contribution in [0.4, 0.5) is 8.78 Å². The summed E-state index contributed by atoms with van der Waals surface area (Å²) >= 11 is 0. The van der Waals surface area contributed by atoms with E-state index >= 15 is 0 Å². The van der Waals surface area contributed by atoms with Crippen LogP contribution in [0.3, 0.4) is 0 Å². The van der Waals surface area contributed by atoms with Crippen molar-refractivity contribution in [1.82, 2.24) is 0 Å². The number of halogens is 2.